The van der Waals surface area contributed by atoms with Gasteiger partial charge in [0.2, 0.25) is 0 Å². The van der Waals surface area contributed by atoms with Crippen LogP contribution in [0.3, 0.4) is 0 Å². The molecule has 16 heavy (non-hydrogen) atoms. The molecular weight excluding hydrogens is 201 g/mol. The summed E-state index contributed by atoms with van der Waals surface area (Å²) in [6.45, 7) is 7.02. The normalized spacial score (nSPS) is 14.8. The van der Waals surface area contributed by atoms with Crippen LogP contribution in [0, 0.1) is 18.2 Å². The molecule has 2 N–H and O–H groups in total. The summed E-state index contributed by atoms with van der Waals surface area (Å²) in [5.41, 5.74) is 8.16. The first-order valence-corrected chi connectivity index (χ1v) is 5.96. The summed E-state index contributed by atoms with van der Waals surface area (Å²) in [4.78, 5) is 0. The van der Waals surface area contributed by atoms with Gasteiger partial charge in [0.05, 0.1) is 0 Å². The van der Waals surface area contributed by atoms with Gasteiger partial charge in [-0.15, -0.1) is 0 Å². The van der Waals surface area contributed by atoms with Gasteiger partial charge in [-0.25, -0.2) is 4.39 Å². The van der Waals surface area contributed by atoms with Crippen molar-refractivity contribution < 1.29 is 4.39 Å². The largest absolute Gasteiger partial charge is 0.330 e. The Morgan fingerprint density at radius 1 is 1.38 bits per heavy atom. The van der Waals surface area contributed by atoms with E-state index in [1.54, 1.807) is 6.07 Å². The van der Waals surface area contributed by atoms with E-state index in [2.05, 4.69) is 13.8 Å². The second kappa shape index (κ2) is 5.44. The van der Waals surface area contributed by atoms with Gasteiger partial charge in [-0.1, -0.05) is 26.3 Å². The predicted octanol–water partition coefficient (Wildman–Crippen LogP) is 3.44. The second-order valence-electron chi connectivity index (χ2n) is 5.01. The molecule has 1 aromatic rings. The van der Waals surface area contributed by atoms with Gasteiger partial charge in [0.15, 0.2) is 0 Å². The van der Waals surface area contributed by atoms with E-state index in [0.29, 0.717) is 6.54 Å². The molecule has 90 valence electrons. The SMILES string of the molecule is CCCC(C)(CN)Cc1cc(F)ccc1C. The van der Waals surface area contributed by atoms with Crippen molar-refractivity contribution in [2.45, 2.75) is 40.0 Å². The molecule has 0 bridgehead atoms. The molecule has 1 unspecified atom stereocenters. The highest BCUT2D eigenvalue weighted by Crippen LogP contribution is 2.28. The Morgan fingerprint density at radius 3 is 2.62 bits per heavy atom. The number of aryl methyl sites for hydroxylation is 1. The van der Waals surface area contributed by atoms with Crippen LogP contribution in [0.5, 0.6) is 0 Å². The van der Waals surface area contributed by atoms with Crippen molar-refractivity contribution in [3.05, 3.63) is 35.1 Å². The lowest BCUT2D eigenvalue weighted by molar-refractivity contribution is 0.302. The Bertz CT molecular complexity index is 349. The summed E-state index contributed by atoms with van der Waals surface area (Å²) in [7, 11) is 0. The molecule has 1 nitrogen and oxygen atoms in total. The molecule has 0 aromatic heterocycles. The quantitative estimate of drug-likeness (QED) is 0.813. The molecule has 0 heterocycles. The molecule has 0 saturated heterocycles. The van der Waals surface area contributed by atoms with Crippen LogP contribution in [-0.2, 0) is 6.42 Å². The minimum Gasteiger partial charge on any atom is -0.330 e. The van der Waals surface area contributed by atoms with Gasteiger partial charge in [0, 0.05) is 0 Å². The smallest absolute Gasteiger partial charge is 0.123 e. The van der Waals surface area contributed by atoms with E-state index in [-0.39, 0.29) is 11.2 Å². The Kier molecular flexibility index (Phi) is 4.48. The van der Waals surface area contributed by atoms with Crippen molar-refractivity contribution in [2.75, 3.05) is 6.54 Å². The summed E-state index contributed by atoms with van der Waals surface area (Å²) < 4.78 is 13.2. The lowest BCUT2D eigenvalue weighted by Gasteiger charge is -2.28. The number of nitrogens with two attached hydrogens (primary N) is 1. The van der Waals surface area contributed by atoms with E-state index < -0.39 is 0 Å². The molecule has 1 aromatic carbocycles. The molecule has 0 amide bonds. The van der Waals surface area contributed by atoms with Gasteiger partial charge in [-0.3, -0.25) is 0 Å². The topological polar surface area (TPSA) is 26.0 Å². The van der Waals surface area contributed by atoms with E-state index in [4.69, 9.17) is 5.73 Å². The van der Waals surface area contributed by atoms with Crippen LogP contribution in [0.25, 0.3) is 0 Å². The van der Waals surface area contributed by atoms with Gasteiger partial charge in [0.25, 0.3) is 0 Å². The number of benzene rings is 1. The minimum atomic E-state index is -0.156. The summed E-state index contributed by atoms with van der Waals surface area (Å²) in [6.07, 6.45) is 3.06. The molecule has 0 aliphatic heterocycles. The average Bonchev–Trinajstić information content (AvgIpc) is 2.24. The Labute approximate surface area is 97.9 Å². The molecule has 1 atom stereocenters. The lowest BCUT2D eigenvalue weighted by atomic mass is 9.79. The van der Waals surface area contributed by atoms with Crippen molar-refractivity contribution >= 4 is 0 Å². The molecule has 0 saturated carbocycles. The maximum atomic E-state index is 13.2. The van der Waals surface area contributed by atoms with Crippen LogP contribution in [0.1, 0.15) is 37.8 Å². The van der Waals surface area contributed by atoms with Crippen molar-refractivity contribution in [1.29, 1.82) is 0 Å². The first-order chi connectivity index (χ1) is 7.50. The highest BCUT2D eigenvalue weighted by Gasteiger charge is 2.22. The summed E-state index contributed by atoms with van der Waals surface area (Å²) in [5, 5.41) is 0. The zero-order valence-corrected chi connectivity index (χ0v) is 10.5. The van der Waals surface area contributed by atoms with Crippen molar-refractivity contribution in [3.63, 3.8) is 0 Å². The maximum absolute atomic E-state index is 13.2. The molecule has 0 spiro atoms. The van der Waals surface area contributed by atoms with Gasteiger partial charge < -0.3 is 5.73 Å². The van der Waals surface area contributed by atoms with E-state index in [1.807, 2.05) is 13.0 Å². The average molecular weight is 223 g/mol. The fraction of sp³-hybridized carbons (Fsp3) is 0.571. The van der Waals surface area contributed by atoms with E-state index in [9.17, 15) is 4.39 Å². The van der Waals surface area contributed by atoms with Crippen LogP contribution >= 0.6 is 0 Å². The summed E-state index contributed by atoms with van der Waals surface area (Å²) in [5.74, 6) is -0.156. The Hall–Kier alpha value is -0.890. The predicted molar refractivity (Wildman–Crippen MR) is 66.9 cm³/mol. The standard InChI is InChI=1S/C14H22FN/c1-4-7-14(3,10-16)9-12-8-13(15)6-5-11(12)2/h5-6,8H,4,7,9-10,16H2,1-3H3. The monoisotopic (exact) mass is 223 g/mol. The molecule has 0 aliphatic rings. The van der Waals surface area contributed by atoms with Gasteiger partial charge in [0.1, 0.15) is 5.82 Å². The Balaban J connectivity index is 2.89. The molecule has 0 radical (unpaired) electrons. The fourth-order valence-electron chi connectivity index (χ4n) is 2.16. The fourth-order valence-corrected chi connectivity index (χ4v) is 2.16. The number of rotatable bonds is 5. The molecular formula is C14H22FN. The van der Waals surface area contributed by atoms with Crippen LogP contribution in [0.4, 0.5) is 4.39 Å². The first-order valence-electron chi connectivity index (χ1n) is 5.96. The zero-order valence-electron chi connectivity index (χ0n) is 10.5. The minimum absolute atomic E-state index is 0.0906. The third kappa shape index (κ3) is 3.31. The zero-order chi connectivity index (χ0) is 12.2. The van der Waals surface area contributed by atoms with E-state index in [0.717, 1.165) is 30.4 Å². The van der Waals surface area contributed by atoms with E-state index in [1.165, 1.54) is 6.07 Å². The molecule has 0 fully saturated rings. The number of halogens is 1. The lowest BCUT2D eigenvalue weighted by Crippen LogP contribution is -2.29. The maximum Gasteiger partial charge on any atom is 0.123 e. The highest BCUT2D eigenvalue weighted by molar-refractivity contribution is 5.27. The van der Waals surface area contributed by atoms with Crippen molar-refractivity contribution in [2.24, 2.45) is 11.1 Å². The molecule has 1 rings (SSSR count). The Morgan fingerprint density at radius 2 is 2.06 bits per heavy atom. The summed E-state index contributed by atoms with van der Waals surface area (Å²) >= 11 is 0. The van der Waals surface area contributed by atoms with E-state index >= 15 is 0 Å². The van der Waals surface area contributed by atoms with Crippen LogP contribution in [-0.4, -0.2) is 6.54 Å². The van der Waals surface area contributed by atoms with Crippen LogP contribution < -0.4 is 5.73 Å². The van der Waals surface area contributed by atoms with Crippen LogP contribution in [0.2, 0.25) is 0 Å². The molecule has 2 heteroatoms. The third-order valence-corrected chi connectivity index (χ3v) is 3.27. The second-order valence-corrected chi connectivity index (χ2v) is 5.01. The first kappa shape index (κ1) is 13.2. The number of hydrogen-bond acceptors (Lipinski definition) is 1. The van der Waals surface area contributed by atoms with Gasteiger partial charge >= 0.3 is 0 Å². The van der Waals surface area contributed by atoms with Crippen molar-refractivity contribution in [1.82, 2.24) is 0 Å². The molecule has 0 aliphatic carbocycles. The highest BCUT2D eigenvalue weighted by atomic mass is 19.1. The van der Waals surface area contributed by atoms with Crippen LogP contribution in [0.15, 0.2) is 18.2 Å². The third-order valence-electron chi connectivity index (χ3n) is 3.27. The summed E-state index contributed by atoms with van der Waals surface area (Å²) in [6, 6.07) is 4.99. The number of hydrogen-bond donors (Lipinski definition) is 1. The van der Waals surface area contributed by atoms with Crippen molar-refractivity contribution in [3.8, 4) is 0 Å². The van der Waals surface area contributed by atoms with Gasteiger partial charge in [-0.05, 0) is 55.0 Å². The van der Waals surface area contributed by atoms with Gasteiger partial charge in [-0.2, -0.15) is 0 Å².